The maximum atomic E-state index is 12.4. The molecule has 2 aromatic heterocycles. The van der Waals surface area contributed by atoms with E-state index in [0.717, 1.165) is 0 Å². The number of carboxylic acid groups (broad SMARTS) is 1. The van der Waals surface area contributed by atoms with Gasteiger partial charge in [-0.05, 0) is 31.9 Å². The molecule has 4 N–H and O–H groups in total. The molecule has 0 aliphatic heterocycles. The maximum absolute atomic E-state index is 12.4. The Hall–Kier alpha value is -2.94. The van der Waals surface area contributed by atoms with Gasteiger partial charge < -0.3 is 20.8 Å². The molecule has 0 aliphatic carbocycles. The van der Waals surface area contributed by atoms with E-state index < -0.39 is 24.5 Å². The van der Waals surface area contributed by atoms with Gasteiger partial charge in [0.1, 0.15) is 17.4 Å². The molecule has 0 spiro atoms. The molecule has 146 valence electrons. The largest absolute Gasteiger partial charge is 0.480 e. The van der Waals surface area contributed by atoms with Gasteiger partial charge in [0, 0.05) is 19.2 Å². The molecule has 2 heterocycles. The van der Waals surface area contributed by atoms with Crippen LogP contribution in [0.2, 0.25) is 0 Å². The summed E-state index contributed by atoms with van der Waals surface area (Å²) in [4.78, 5) is 39.1. The molecule has 0 saturated carbocycles. The summed E-state index contributed by atoms with van der Waals surface area (Å²) in [6, 6.07) is 4.26. The standard InChI is InChI=1S/C18H24N4O5/c1-12-16(22-10-6-4-7-14(22)20-12)17(25)19-9-5-2-3-8-15(24)21-13(11-23)18(26)27/h4,6-7,10,13,23H,2-3,5,8-9,11H2,1H3,(H,19,25)(H,21,24)(H,26,27). The lowest BCUT2D eigenvalue weighted by molar-refractivity contribution is -0.142. The van der Waals surface area contributed by atoms with Gasteiger partial charge >= 0.3 is 5.97 Å². The van der Waals surface area contributed by atoms with Gasteiger partial charge in [-0.2, -0.15) is 0 Å². The third kappa shape index (κ3) is 5.52. The molecule has 0 fully saturated rings. The summed E-state index contributed by atoms with van der Waals surface area (Å²) in [6.07, 6.45) is 3.92. The van der Waals surface area contributed by atoms with Gasteiger partial charge in [0.15, 0.2) is 0 Å². The van der Waals surface area contributed by atoms with Gasteiger partial charge in [0.05, 0.1) is 12.3 Å². The average Bonchev–Trinajstić information content (AvgIpc) is 2.97. The lowest BCUT2D eigenvalue weighted by Gasteiger charge is -2.11. The van der Waals surface area contributed by atoms with Crippen molar-refractivity contribution in [1.82, 2.24) is 20.0 Å². The van der Waals surface area contributed by atoms with Crippen LogP contribution in [-0.2, 0) is 9.59 Å². The van der Waals surface area contributed by atoms with Gasteiger partial charge in [0.25, 0.3) is 5.91 Å². The first-order valence-corrected chi connectivity index (χ1v) is 8.79. The van der Waals surface area contributed by atoms with Gasteiger partial charge in [0.2, 0.25) is 5.91 Å². The second kappa shape index (κ2) is 9.67. The van der Waals surface area contributed by atoms with Crippen molar-refractivity contribution in [3.63, 3.8) is 0 Å². The fraction of sp³-hybridized carbons (Fsp3) is 0.444. The van der Waals surface area contributed by atoms with Crippen LogP contribution >= 0.6 is 0 Å². The van der Waals surface area contributed by atoms with E-state index in [4.69, 9.17) is 10.2 Å². The van der Waals surface area contributed by atoms with Crippen molar-refractivity contribution in [3.05, 3.63) is 35.8 Å². The highest BCUT2D eigenvalue weighted by atomic mass is 16.4. The third-order valence-corrected chi connectivity index (χ3v) is 4.10. The van der Waals surface area contributed by atoms with Gasteiger partial charge in [-0.15, -0.1) is 0 Å². The zero-order chi connectivity index (χ0) is 19.8. The number of fused-ring (bicyclic) bond motifs is 1. The number of aliphatic hydroxyl groups is 1. The molecular weight excluding hydrogens is 352 g/mol. The highest BCUT2D eigenvalue weighted by Gasteiger charge is 2.18. The first kappa shape index (κ1) is 20.4. The van der Waals surface area contributed by atoms with E-state index in [1.807, 2.05) is 18.2 Å². The van der Waals surface area contributed by atoms with Gasteiger partial charge in [-0.25, -0.2) is 9.78 Å². The molecule has 9 nitrogen and oxygen atoms in total. The van der Waals surface area contributed by atoms with Crippen LogP contribution < -0.4 is 10.6 Å². The number of carboxylic acids is 1. The molecule has 2 rings (SSSR count). The van der Waals surface area contributed by atoms with E-state index in [9.17, 15) is 14.4 Å². The van der Waals surface area contributed by atoms with Crippen LogP contribution in [0.1, 0.15) is 41.9 Å². The van der Waals surface area contributed by atoms with Crippen molar-refractivity contribution >= 4 is 23.4 Å². The number of aromatic nitrogens is 2. The van der Waals surface area contributed by atoms with Crippen LogP contribution in [-0.4, -0.2) is 56.6 Å². The number of hydrogen-bond donors (Lipinski definition) is 4. The molecule has 1 unspecified atom stereocenters. The van der Waals surface area contributed by atoms with Crippen LogP contribution in [0.3, 0.4) is 0 Å². The van der Waals surface area contributed by atoms with Crippen molar-refractivity contribution in [1.29, 1.82) is 0 Å². The Morgan fingerprint density at radius 1 is 1.22 bits per heavy atom. The summed E-state index contributed by atoms with van der Waals surface area (Å²) in [7, 11) is 0. The van der Waals surface area contributed by atoms with Crippen molar-refractivity contribution < 1.29 is 24.6 Å². The summed E-state index contributed by atoms with van der Waals surface area (Å²) in [5.74, 6) is -1.88. The fourth-order valence-electron chi connectivity index (χ4n) is 2.71. The highest BCUT2D eigenvalue weighted by molar-refractivity contribution is 5.94. The van der Waals surface area contributed by atoms with Crippen molar-refractivity contribution in [2.75, 3.05) is 13.2 Å². The first-order valence-electron chi connectivity index (χ1n) is 8.79. The molecule has 2 aromatic rings. The lowest BCUT2D eigenvalue weighted by Crippen LogP contribution is -2.43. The second-order valence-corrected chi connectivity index (χ2v) is 6.18. The zero-order valence-electron chi connectivity index (χ0n) is 15.1. The molecule has 9 heteroatoms. The Bertz CT molecular complexity index is 817. The predicted molar refractivity (Wildman–Crippen MR) is 97.4 cm³/mol. The van der Waals surface area contributed by atoms with Crippen LogP contribution in [0, 0.1) is 6.92 Å². The van der Waals surface area contributed by atoms with Crippen molar-refractivity contribution in [2.45, 2.75) is 38.6 Å². The number of carbonyl (C=O) groups is 3. The number of unbranched alkanes of at least 4 members (excludes halogenated alkanes) is 2. The van der Waals surface area contributed by atoms with Crippen LogP contribution in [0.5, 0.6) is 0 Å². The van der Waals surface area contributed by atoms with Crippen LogP contribution in [0.4, 0.5) is 0 Å². The molecule has 1 atom stereocenters. The summed E-state index contributed by atoms with van der Waals surface area (Å²) in [5.41, 5.74) is 1.88. The number of imidazole rings is 1. The monoisotopic (exact) mass is 376 g/mol. The Morgan fingerprint density at radius 2 is 2.00 bits per heavy atom. The Labute approximate surface area is 156 Å². The first-order chi connectivity index (χ1) is 12.9. The fourth-order valence-corrected chi connectivity index (χ4v) is 2.71. The quantitative estimate of drug-likeness (QED) is 0.446. The molecule has 0 aliphatic rings. The smallest absolute Gasteiger partial charge is 0.328 e. The highest BCUT2D eigenvalue weighted by Crippen LogP contribution is 2.11. The molecule has 0 bridgehead atoms. The van der Waals surface area contributed by atoms with Crippen molar-refractivity contribution in [3.8, 4) is 0 Å². The number of amides is 2. The van der Waals surface area contributed by atoms with E-state index in [-0.39, 0.29) is 12.3 Å². The normalized spacial score (nSPS) is 11.9. The number of carbonyl (C=O) groups excluding carboxylic acids is 2. The van der Waals surface area contributed by atoms with E-state index in [0.29, 0.717) is 42.8 Å². The summed E-state index contributed by atoms with van der Waals surface area (Å²) >= 11 is 0. The third-order valence-electron chi connectivity index (χ3n) is 4.10. The molecule has 2 amide bonds. The van der Waals surface area contributed by atoms with Crippen LogP contribution in [0.15, 0.2) is 24.4 Å². The number of pyridine rings is 1. The Morgan fingerprint density at radius 3 is 2.70 bits per heavy atom. The lowest BCUT2D eigenvalue weighted by atomic mass is 10.1. The minimum atomic E-state index is -1.27. The van der Waals surface area contributed by atoms with E-state index >= 15 is 0 Å². The molecular formula is C18H24N4O5. The summed E-state index contributed by atoms with van der Waals surface area (Å²) in [5, 5.41) is 22.7. The molecule has 27 heavy (non-hydrogen) atoms. The molecule has 0 aromatic carbocycles. The number of rotatable bonds is 10. The minimum Gasteiger partial charge on any atom is -0.480 e. The minimum absolute atomic E-state index is 0.171. The predicted octanol–water partition coefficient (Wildman–Crippen LogP) is 0.495. The average molecular weight is 376 g/mol. The number of nitrogens with zero attached hydrogens (tertiary/aromatic N) is 2. The zero-order valence-corrected chi connectivity index (χ0v) is 15.1. The van der Waals surface area contributed by atoms with E-state index in [1.54, 1.807) is 17.5 Å². The molecule has 0 radical (unpaired) electrons. The van der Waals surface area contributed by atoms with Crippen molar-refractivity contribution in [2.24, 2.45) is 0 Å². The number of aliphatic carboxylic acids is 1. The summed E-state index contributed by atoms with van der Waals surface area (Å²) < 4.78 is 1.75. The number of aryl methyl sites for hydroxylation is 1. The Balaban J connectivity index is 1.69. The van der Waals surface area contributed by atoms with Gasteiger partial charge in [-0.3, -0.25) is 14.0 Å². The number of hydrogen-bond acceptors (Lipinski definition) is 5. The number of aliphatic hydroxyl groups excluding tert-OH is 1. The van der Waals surface area contributed by atoms with E-state index in [1.165, 1.54) is 0 Å². The summed E-state index contributed by atoms with van der Waals surface area (Å²) in [6.45, 7) is 1.61. The van der Waals surface area contributed by atoms with Crippen LogP contribution in [0.25, 0.3) is 5.65 Å². The van der Waals surface area contributed by atoms with E-state index in [2.05, 4.69) is 15.6 Å². The topological polar surface area (TPSA) is 133 Å². The molecule has 0 saturated heterocycles. The second-order valence-electron chi connectivity index (χ2n) is 6.18. The van der Waals surface area contributed by atoms with Gasteiger partial charge in [-0.1, -0.05) is 12.5 Å². The number of nitrogens with one attached hydrogen (secondary N) is 2. The Kier molecular flexibility index (Phi) is 7.30. The maximum Gasteiger partial charge on any atom is 0.328 e. The SMILES string of the molecule is Cc1nc2ccccn2c1C(=O)NCCCCCC(=O)NC(CO)C(=O)O.